The Kier molecular flexibility index (Phi) is 4.99. The molecule has 0 radical (unpaired) electrons. The maximum Gasteiger partial charge on any atom is 0.254 e. The van der Waals surface area contributed by atoms with Crippen molar-refractivity contribution in [3.63, 3.8) is 0 Å². The van der Waals surface area contributed by atoms with E-state index in [0.29, 0.717) is 17.1 Å². The monoisotopic (exact) mass is 342 g/mol. The summed E-state index contributed by atoms with van der Waals surface area (Å²) in [5.41, 5.74) is 7.18. The molecule has 0 aliphatic rings. The lowest BCUT2D eigenvalue weighted by molar-refractivity contribution is 0.0785. The first-order chi connectivity index (χ1) is 9.90. The van der Waals surface area contributed by atoms with Crippen molar-refractivity contribution in [2.24, 2.45) is 0 Å². The Bertz CT molecular complexity index is 665. The molecule has 0 unspecified atom stereocenters. The van der Waals surface area contributed by atoms with E-state index in [1.54, 1.807) is 18.0 Å². The fourth-order valence-corrected chi connectivity index (χ4v) is 2.56. The quantitative estimate of drug-likeness (QED) is 0.834. The van der Waals surface area contributed by atoms with Gasteiger partial charge in [0.1, 0.15) is 0 Å². The zero-order chi connectivity index (χ0) is 15.6. The van der Waals surface area contributed by atoms with Crippen LogP contribution in [0.3, 0.4) is 0 Å². The van der Waals surface area contributed by atoms with Gasteiger partial charge in [0.2, 0.25) is 0 Å². The summed E-state index contributed by atoms with van der Waals surface area (Å²) < 4.78 is 0. The minimum absolute atomic E-state index is 0.210. The van der Waals surface area contributed by atoms with Crippen molar-refractivity contribution in [3.05, 3.63) is 62.6 Å². The number of anilines is 1. The van der Waals surface area contributed by atoms with Crippen LogP contribution < -0.4 is 5.73 Å². The Balaban J connectivity index is 2.22. The molecule has 0 aliphatic heterocycles. The van der Waals surface area contributed by atoms with Gasteiger partial charge in [-0.3, -0.25) is 4.79 Å². The summed E-state index contributed by atoms with van der Waals surface area (Å²) >= 11 is 18.0. The van der Waals surface area contributed by atoms with Gasteiger partial charge in [-0.05, 0) is 23.8 Å². The van der Waals surface area contributed by atoms with E-state index in [-0.39, 0.29) is 21.6 Å². The molecule has 0 saturated heterocycles. The van der Waals surface area contributed by atoms with Crippen molar-refractivity contribution in [2.75, 3.05) is 12.8 Å². The molecule has 1 amide bonds. The van der Waals surface area contributed by atoms with Gasteiger partial charge >= 0.3 is 0 Å². The van der Waals surface area contributed by atoms with Crippen LogP contribution in [-0.2, 0) is 6.54 Å². The minimum atomic E-state index is -0.210. The molecule has 2 N–H and O–H groups in total. The number of rotatable bonds is 3. The van der Waals surface area contributed by atoms with E-state index in [1.807, 2.05) is 18.2 Å². The Morgan fingerprint density at radius 3 is 2.24 bits per heavy atom. The molecule has 0 aromatic heterocycles. The van der Waals surface area contributed by atoms with Crippen molar-refractivity contribution in [1.29, 1.82) is 0 Å². The molecular formula is C15H13Cl3N2O. The summed E-state index contributed by atoms with van der Waals surface area (Å²) in [6, 6.07) is 10.4. The standard InChI is InChI=1S/C15H13Cl3N2O/c1-20(8-9-4-2-3-5-11(9)16)15(21)10-6-12(17)14(19)13(18)7-10/h2-7H,8,19H2,1H3. The maximum atomic E-state index is 12.4. The summed E-state index contributed by atoms with van der Waals surface area (Å²) in [6.07, 6.45) is 0. The first-order valence-corrected chi connectivity index (χ1v) is 7.27. The van der Waals surface area contributed by atoms with Crippen molar-refractivity contribution in [3.8, 4) is 0 Å². The Morgan fingerprint density at radius 2 is 1.67 bits per heavy atom. The van der Waals surface area contributed by atoms with Crippen molar-refractivity contribution in [1.82, 2.24) is 4.90 Å². The zero-order valence-corrected chi connectivity index (χ0v) is 13.5. The smallest absolute Gasteiger partial charge is 0.254 e. The largest absolute Gasteiger partial charge is 0.396 e. The van der Waals surface area contributed by atoms with Crippen molar-refractivity contribution >= 4 is 46.4 Å². The van der Waals surface area contributed by atoms with Crippen LogP contribution in [0.5, 0.6) is 0 Å². The second-order valence-electron chi connectivity index (χ2n) is 4.61. The third kappa shape index (κ3) is 3.62. The number of carbonyl (C=O) groups is 1. The Labute approximate surface area is 138 Å². The third-order valence-corrected chi connectivity index (χ3v) is 4.03. The van der Waals surface area contributed by atoms with Crippen LogP contribution in [-0.4, -0.2) is 17.9 Å². The minimum Gasteiger partial charge on any atom is -0.396 e. The summed E-state index contributed by atoms with van der Waals surface area (Å²) in [6.45, 7) is 0.387. The number of nitrogens with zero attached hydrogens (tertiary/aromatic N) is 1. The molecule has 110 valence electrons. The van der Waals surface area contributed by atoms with Crippen molar-refractivity contribution in [2.45, 2.75) is 6.54 Å². The molecule has 0 atom stereocenters. The second-order valence-corrected chi connectivity index (χ2v) is 5.83. The molecular weight excluding hydrogens is 331 g/mol. The average Bonchev–Trinajstić information content (AvgIpc) is 2.45. The van der Waals surface area contributed by atoms with Gasteiger partial charge in [-0.2, -0.15) is 0 Å². The first-order valence-electron chi connectivity index (χ1n) is 6.13. The Hall–Kier alpha value is -1.42. The molecule has 6 heteroatoms. The van der Waals surface area contributed by atoms with Gasteiger partial charge in [-0.15, -0.1) is 0 Å². The molecule has 0 aliphatic carbocycles. The number of halogens is 3. The number of nitrogen functional groups attached to an aromatic ring is 1. The van der Waals surface area contributed by atoms with Gasteiger partial charge < -0.3 is 10.6 Å². The molecule has 0 fully saturated rings. The van der Waals surface area contributed by atoms with E-state index < -0.39 is 0 Å². The van der Waals surface area contributed by atoms with Gasteiger partial charge in [-0.1, -0.05) is 53.0 Å². The average molecular weight is 344 g/mol. The lowest BCUT2D eigenvalue weighted by atomic mass is 10.1. The zero-order valence-electron chi connectivity index (χ0n) is 11.2. The highest BCUT2D eigenvalue weighted by molar-refractivity contribution is 6.39. The fourth-order valence-electron chi connectivity index (χ4n) is 1.88. The molecule has 2 aromatic rings. The molecule has 0 bridgehead atoms. The van der Waals surface area contributed by atoms with Gasteiger partial charge in [0.25, 0.3) is 5.91 Å². The van der Waals surface area contributed by atoms with Crippen LogP contribution in [0.15, 0.2) is 36.4 Å². The van der Waals surface area contributed by atoms with E-state index in [2.05, 4.69) is 0 Å². The summed E-state index contributed by atoms with van der Waals surface area (Å²) in [5.74, 6) is -0.210. The van der Waals surface area contributed by atoms with E-state index in [9.17, 15) is 4.79 Å². The van der Waals surface area contributed by atoms with Gasteiger partial charge in [0.15, 0.2) is 0 Å². The number of benzene rings is 2. The van der Waals surface area contributed by atoms with Crippen LogP contribution in [0.1, 0.15) is 15.9 Å². The van der Waals surface area contributed by atoms with Gasteiger partial charge in [0, 0.05) is 24.2 Å². The first kappa shape index (κ1) is 16.0. The van der Waals surface area contributed by atoms with Crippen LogP contribution in [0, 0.1) is 0 Å². The summed E-state index contributed by atoms with van der Waals surface area (Å²) in [5, 5.41) is 1.14. The molecule has 0 heterocycles. The topological polar surface area (TPSA) is 46.3 Å². The molecule has 0 spiro atoms. The van der Waals surface area contributed by atoms with Crippen LogP contribution in [0.2, 0.25) is 15.1 Å². The highest BCUT2D eigenvalue weighted by atomic mass is 35.5. The van der Waals surface area contributed by atoms with Crippen LogP contribution in [0.25, 0.3) is 0 Å². The number of carbonyl (C=O) groups excluding carboxylic acids is 1. The SMILES string of the molecule is CN(Cc1ccccc1Cl)C(=O)c1cc(Cl)c(N)c(Cl)c1. The molecule has 21 heavy (non-hydrogen) atoms. The third-order valence-electron chi connectivity index (χ3n) is 3.04. The van der Waals surface area contributed by atoms with Gasteiger partial charge in [-0.25, -0.2) is 0 Å². The molecule has 2 aromatic carbocycles. The van der Waals surface area contributed by atoms with E-state index in [1.165, 1.54) is 12.1 Å². The van der Waals surface area contributed by atoms with Crippen LogP contribution >= 0.6 is 34.8 Å². The van der Waals surface area contributed by atoms with E-state index in [4.69, 9.17) is 40.5 Å². The predicted molar refractivity (Wildman–Crippen MR) is 88.1 cm³/mol. The highest BCUT2D eigenvalue weighted by Gasteiger charge is 2.16. The van der Waals surface area contributed by atoms with E-state index >= 15 is 0 Å². The predicted octanol–water partition coefficient (Wildman–Crippen LogP) is 4.50. The number of hydrogen-bond donors (Lipinski definition) is 1. The number of amides is 1. The molecule has 3 nitrogen and oxygen atoms in total. The van der Waals surface area contributed by atoms with E-state index in [0.717, 1.165) is 5.56 Å². The lowest BCUT2D eigenvalue weighted by Gasteiger charge is -2.18. The fraction of sp³-hybridized carbons (Fsp3) is 0.133. The second kappa shape index (κ2) is 6.56. The number of hydrogen-bond acceptors (Lipinski definition) is 2. The summed E-state index contributed by atoms with van der Waals surface area (Å²) in [4.78, 5) is 13.9. The van der Waals surface area contributed by atoms with Gasteiger partial charge in [0.05, 0.1) is 15.7 Å². The highest BCUT2D eigenvalue weighted by Crippen LogP contribution is 2.29. The van der Waals surface area contributed by atoms with Crippen LogP contribution in [0.4, 0.5) is 5.69 Å². The van der Waals surface area contributed by atoms with Crippen molar-refractivity contribution < 1.29 is 4.79 Å². The molecule has 0 saturated carbocycles. The molecule has 2 rings (SSSR count). The lowest BCUT2D eigenvalue weighted by Crippen LogP contribution is -2.26. The maximum absolute atomic E-state index is 12.4. The number of nitrogens with two attached hydrogens (primary N) is 1. The normalized spacial score (nSPS) is 10.5. The summed E-state index contributed by atoms with van der Waals surface area (Å²) in [7, 11) is 1.68. The Morgan fingerprint density at radius 1 is 1.10 bits per heavy atom.